The van der Waals surface area contributed by atoms with Crippen molar-refractivity contribution in [2.75, 3.05) is 6.61 Å². The third-order valence-corrected chi connectivity index (χ3v) is 5.22. The molecule has 1 heterocycles. The smallest absolute Gasteiger partial charge is 0.269 e. The minimum atomic E-state index is -0.434. The molecule has 1 aromatic heterocycles. The molecule has 2 rings (SSSR count). The number of nitrogens with zero attached hydrogens (tertiary/aromatic N) is 1. The highest BCUT2D eigenvalue weighted by Crippen LogP contribution is 2.15. The van der Waals surface area contributed by atoms with Gasteiger partial charge in [0, 0.05) is 17.7 Å². The monoisotopic (exact) mass is 438 g/mol. The maximum Gasteiger partial charge on any atom is 0.269 e. The van der Waals surface area contributed by atoms with E-state index in [1.165, 1.54) is 12.8 Å². The van der Waals surface area contributed by atoms with E-state index in [4.69, 9.17) is 10.00 Å². The normalized spacial score (nSPS) is 10.3. The molecule has 2 amide bonds. The van der Waals surface area contributed by atoms with Gasteiger partial charge in [0.2, 0.25) is 5.91 Å². The highest BCUT2D eigenvalue weighted by molar-refractivity contribution is 5.95. The van der Waals surface area contributed by atoms with Crippen molar-refractivity contribution in [3.63, 3.8) is 0 Å². The largest absolute Gasteiger partial charge is 0.494 e. The molecule has 0 aliphatic carbocycles. The molecule has 0 atom stereocenters. The van der Waals surface area contributed by atoms with E-state index >= 15 is 0 Å². The molecule has 8 nitrogen and oxygen atoms in total. The van der Waals surface area contributed by atoms with E-state index in [9.17, 15) is 14.4 Å². The van der Waals surface area contributed by atoms with Crippen LogP contribution < -0.4 is 21.1 Å². The minimum absolute atomic E-state index is 0.0488. The fraction of sp³-hybridized carbons (Fsp3) is 0.417. The van der Waals surface area contributed by atoms with Gasteiger partial charge in [0.05, 0.1) is 6.61 Å². The second-order valence-corrected chi connectivity index (χ2v) is 7.61. The molecule has 0 bridgehead atoms. The van der Waals surface area contributed by atoms with Gasteiger partial charge in [-0.3, -0.25) is 25.2 Å². The summed E-state index contributed by atoms with van der Waals surface area (Å²) in [5, 5.41) is 9.13. The first-order valence-corrected chi connectivity index (χ1v) is 10.8. The van der Waals surface area contributed by atoms with Crippen LogP contribution in [-0.2, 0) is 11.2 Å². The van der Waals surface area contributed by atoms with Crippen LogP contribution in [0.1, 0.15) is 71.8 Å². The Morgan fingerprint density at radius 1 is 1.09 bits per heavy atom. The number of amides is 2. The maximum atomic E-state index is 12.3. The first-order chi connectivity index (χ1) is 15.4. The van der Waals surface area contributed by atoms with Crippen LogP contribution in [0.4, 0.5) is 0 Å². The second kappa shape index (κ2) is 12.3. The van der Waals surface area contributed by atoms with E-state index in [-0.39, 0.29) is 17.9 Å². The first kappa shape index (κ1) is 24.7. The summed E-state index contributed by atoms with van der Waals surface area (Å²) in [5.74, 6) is -0.115. The van der Waals surface area contributed by atoms with E-state index in [1.54, 1.807) is 38.1 Å². The summed E-state index contributed by atoms with van der Waals surface area (Å²) in [6, 6.07) is 8.62. The third-order valence-electron chi connectivity index (χ3n) is 5.22. The summed E-state index contributed by atoms with van der Waals surface area (Å²) in [5.41, 5.74) is 6.73. The quantitative estimate of drug-likeness (QED) is 0.388. The van der Waals surface area contributed by atoms with Crippen molar-refractivity contribution < 1.29 is 14.3 Å². The number of H-pyrrole nitrogens is 1. The number of hydrogen-bond donors (Lipinski definition) is 3. The van der Waals surface area contributed by atoms with Crippen LogP contribution in [0.2, 0.25) is 0 Å². The van der Waals surface area contributed by atoms with Gasteiger partial charge in [-0.1, -0.05) is 26.2 Å². The molecule has 0 spiro atoms. The summed E-state index contributed by atoms with van der Waals surface area (Å²) < 4.78 is 5.66. The molecule has 2 aromatic rings. The van der Waals surface area contributed by atoms with Gasteiger partial charge in [0.1, 0.15) is 17.4 Å². The molecular formula is C24H30N4O4. The van der Waals surface area contributed by atoms with Crippen LogP contribution in [0.15, 0.2) is 29.1 Å². The summed E-state index contributed by atoms with van der Waals surface area (Å²) in [6.07, 6.45) is 4.92. The Hall–Kier alpha value is -3.60. The number of nitrogens with one attached hydrogen (secondary N) is 3. The average Bonchev–Trinajstić information content (AvgIpc) is 2.77. The van der Waals surface area contributed by atoms with Crippen molar-refractivity contribution in [3.8, 4) is 11.8 Å². The van der Waals surface area contributed by atoms with Crippen molar-refractivity contribution >= 4 is 11.8 Å². The Balaban J connectivity index is 1.82. The van der Waals surface area contributed by atoms with Gasteiger partial charge < -0.3 is 9.72 Å². The third kappa shape index (κ3) is 6.98. The van der Waals surface area contributed by atoms with E-state index in [1.807, 2.05) is 6.07 Å². The summed E-state index contributed by atoms with van der Waals surface area (Å²) >= 11 is 0. The number of carbonyl (C=O) groups is 2. The number of hydrazine groups is 1. The van der Waals surface area contributed by atoms with Crippen LogP contribution in [0.5, 0.6) is 5.75 Å². The molecule has 3 N–H and O–H groups in total. The van der Waals surface area contributed by atoms with Crippen molar-refractivity contribution in [2.24, 2.45) is 0 Å². The van der Waals surface area contributed by atoms with Crippen LogP contribution in [0, 0.1) is 25.2 Å². The number of aromatic amines is 1. The topological polar surface area (TPSA) is 124 Å². The van der Waals surface area contributed by atoms with E-state index < -0.39 is 11.5 Å². The number of rotatable bonds is 10. The Morgan fingerprint density at radius 2 is 1.81 bits per heavy atom. The zero-order chi connectivity index (χ0) is 23.5. The lowest BCUT2D eigenvalue weighted by atomic mass is 9.99. The van der Waals surface area contributed by atoms with Gasteiger partial charge in [-0.25, -0.2) is 0 Å². The summed E-state index contributed by atoms with van der Waals surface area (Å²) in [6.45, 7) is 6.22. The molecular weight excluding hydrogens is 408 g/mol. The molecule has 170 valence electrons. The Morgan fingerprint density at radius 3 is 2.47 bits per heavy atom. The molecule has 0 aliphatic heterocycles. The molecule has 1 aromatic carbocycles. The van der Waals surface area contributed by atoms with Crippen molar-refractivity contribution in [3.05, 3.63) is 62.6 Å². The molecule has 32 heavy (non-hydrogen) atoms. The number of benzene rings is 1. The number of unbranched alkanes of at least 4 members (excludes halogenated alkanes) is 3. The van der Waals surface area contributed by atoms with Gasteiger partial charge in [0.15, 0.2) is 0 Å². The Labute approximate surface area is 188 Å². The molecule has 0 saturated heterocycles. The van der Waals surface area contributed by atoms with Crippen molar-refractivity contribution in [1.29, 1.82) is 5.26 Å². The first-order valence-electron chi connectivity index (χ1n) is 10.8. The summed E-state index contributed by atoms with van der Waals surface area (Å²) in [4.78, 5) is 38.8. The zero-order valence-corrected chi connectivity index (χ0v) is 18.8. The SMILES string of the molecule is CCCCCCOc1ccc(C(=O)NNC(=O)CCc2c(C)[nH]c(=O)c(C#N)c2C)cc1. The fourth-order valence-electron chi connectivity index (χ4n) is 3.34. The van der Waals surface area contributed by atoms with Gasteiger partial charge in [0.25, 0.3) is 11.5 Å². The molecule has 0 radical (unpaired) electrons. The number of aryl methyl sites for hydroxylation is 1. The second-order valence-electron chi connectivity index (χ2n) is 7.61. The maximum absolute atomic E-state index is 12.3. The van der Waals surface area contributed by atoms with Gasteiger partial charge in [-0.2, -0.15) is 5.26 Å². The predicted molar refractivity (Wildman–Crippen MR) is 121 cm³/mol. The standard InChI is InChI=1S/C24H30N4O4/c1-4-5-6-7-14-32-19-10-8-18(9-11-19)23(30)28-27-22(29)13-12-20-16(2)21(15-25)24(31)26-17(20)3/h8-11H,4-7,12-14H2,1-3H3,(H,26,31)(H,27,29)(H,28,30). The minimum Gasteiger partial charge on any atom is -0.494 e. The molecule has 8 heteroatoms. The van der Waals surface area contributed by atoms with Crippen LogP contribution in [0.3, 0.4) is 0 Å². The summed E-state index contributed by atoms with van der Waals surface area (Å²) in [7, 11) is 0. The lowest BCUT2D eigenvalue weighted by Crippen LogP contribution is -2.41. The van der Waals surface area contributed by atoms with Crippen molar-refractivity contribution in [1.82, 2.24) is 15.8 Å². The highest BCUT2D eigenvalue weighted by atomic mass is 16.5. The average molecular weight is 439 g/mol. The van der Waals surface area contributed by atoms with Gasteiger partial charge in [-0.05, 0) is 62.1 Å². The lowest BCUT2D eigenvalue weighted by Gasteiger charge is -2.11. The van der Waals surface area contributed by atoms with Crippen LogP contribution >= 0.6 is 0 Å². The van der Waals surface area contributed by atoms with Crippen LogP contribution in [0.25, 0.3) is 0 Å². The zero-order valence-electron chi connectivity index (χ0n) is 18.8. The lowest BCUT2D eigenvalue weighted by molar-refractivity contribution is -0.121. The van der Waals surface area contributed by atoms with E-state index in [0.29, 0.717) is 35.6 Å². The highest BCUT2D eigenvalue weighted by Gasteiger charge is 2.14. The Kier molecular flexibility index (Phi) is 9.48. The van der Waals surface area contributed by atoms with E-state index in [0.717, 1.165) is 18.4 Å². The van der Waals surface area contributed by atoms with Gasteiger partial charge >= 0.3 is 0 Å². The fourth-order valence-corrected chi connectivity index (χ4v) is 3.34. The molecule has 0 saturated carbocycles. The molecule has 0 unspecified atom stereocenters. The number of nitriles is 1. The van der Waals surface area contributed by atoms with Crippen LogP contribution in [-0.4, -0.2) is 23.4 Å². The van der Waals surface area contributed by atoms with E-state index in [2.05, 4.69) is 22.8 Å². The van der Waals surface area contributed by atoms with Crippen molar-refractivity contribution in [2.45, 2.75) is 59.3 Å². The number of carbonyl (C=O) groups excluding carboxylic acids is 2. The molecule has 0 fully saturated rings. The molecule has 0 aliphatic rings. The number of hydrogen-bond acceptors (Lipinski definition) is 5. The number of pyridine rings is 1. The number of ether oxygens (including phenoxy) is 1. The predicted octanol–water partition coefficient (Wildman–Crippen LogP) is 3.22. The van der Waals surface area contributed by atoms with Gasteiger partial charge in [-0.15, -0.1) is 0 Å². The Bertz CT molecular complexity index is 1040. The number of aromatic nitrogens is 1.